The normalized spacial score (nSPS) is 21.1. The zero-order valence-corrected chi connectivity index (χ0v) is 11.2. The van der Waals surface area contributed by atoms with Crippen molar-refractivity contribution in [1.82, 2.24) is 5.32 Å². The minimum atomic E-state index is 0.443. The Labute approximate surface area is 105 Å². The van der Waals surface area contributed by atoms with Crippen molar-refractivity contribution in [2.45, 2.75) is 45.7 Å². The maximum absolute atomic E-state index is 3.58. The van der Waals surface area contributed by atoms with Crippen molar-refractivity contribution in [3.05, 3.63) is 29.8 Å². The van der Waals surface area contributed by atoms with Gasteiger partial charge in [-0.05, 0) is 44.9 Å². The molecule has 1 saturated heterocycles. The summed E-state index contributed by atoms with van der Waals surface area (Å²) in [7, 11) is 0. The van der Waals surface area contributed by atoms with E-state index in [1.165, 1.54) is 30.6 Å². The maximum Gasteiger partial charge on any atom is 0.0417 e. The van der Waals surface area contributed by atoms with Gasteiger partial charge in [0.15, 0.2) is 0 Å². The molecule has 0 radical (unpaired) electrons. The predicted octanol–water partition coefficient (Wildman–Crippen LogP) is 3.35. The van der Waals surface area contributed by atoms with Crippen LogP contribution in [-0.4, -0.2) is 19.1 Å². The Hall–Kier alpha value is -1.02. The minimum Gasteiger partial charge on any atom is -0.368 e. The maximum atomic E-state index is 3.58. The molecule has 1 heterocycles. The van der Waals surface area contributed by atoms with Crippen molar-refractivity contribution in [2.75, 3.05) is 18.0 Å². The molecule has 0 saturated carbocycles. The first-order valence-corrected chi connectivity index (χ1v) is 6.83. The lowest BCUT2D eigenvalue weighted by atomic mass is 9.98. The highest BCUT2D eigenvalue weighted by Gasteiger charge is 2.26. The molecule has 1 aromatic carbocycles. The van der Waals surface area contributed by atoms with Gasteiger partial charge in [-0.3, -0.25) is 0 Å². The number of nitrogens with zero attached hydrogens (tertiary/aromatic N) is 1. The number of benzene rings is 1. The zero-order chi connectivity index (χ0) is 12.3. The Bertz CT molecular complexity index is 362. The lowest BCUT2D eigenvalue weighted by Gasteiger charge is -2.42. The number of nitrogens with one attached hydrogen (secondary N) is 1. The number of rotatable bonds is 5. The van der Waals surface area contributed by atoms with Crippen LogP contribution in [0.1, 0.15) is 45.2 Å². The first-order chi connectivity index (χ1) is 8.24. The van der Waals surface area contributed by atoms with Crippen LogP contribution in [0.3, 0.4) is 0 Å². The summed E-state index contributed by atoms with van der Waals surface area (Å²) in [6.07, 6.45) is 2.51. The van der Waals surface area contributed by atoms with Crippen molar-refractivity contribution in [2.24, 2.45) is 0 Å². The SMILES string of the molecule is CCCNC(C)c1ccccc1N1CCC1C. The molecular weight excluding hydrogens is 208 g/mol. The summed E-state index contributed by atoms with van der Waals surface area (Å²) in [5, 5.41) is 3.58. The topological polar surface area (TPSA) is 15.3 Å². The average molecular weight is 232 g/mol. The molecule has 1 aromatic rings. The van der Waals surface area contributed by atoms with Crippen molar-refractivity contribution in [3.8, 4) is 0 Å². The van der Waals surface area contributed by atoms with E-state index >= 15 is 0 Å². The smallest absolute Gasteiger partial charge is 0.0417 e. The van der Waals surface area contributed by atoms with E-state index in [1.54, 1.807) is 0 Å². The largest absolute Gasteiger partial charge is 0.368 e. The van der Waals surface area contributed by atoms with E-state index in [0.717, 1.165) is 6.54 Å². The number of anilines is 1. The van der Waals surface area contributed by atoms with E-state index in [1.807, 2.05) is 0 Å². The van der Waals surface area contributed by atoms with E-state index < -0.39 is 0 Å². The Morgan fingerprint density at radius 1 is 1.41 bits per heavy atom. The van der Waals surface area contributed by atoms with Crippen LogP contribution in [0, 0.1) is 0 Å². The van der Waals surface area contributed by atoms with Gasteiger partial charge in [0.05, 0.1) is 0 Å². The van der Waals surface area contributed by atoms with Crippen molar-refractivity contribution in [3.63, 3.8) is 0 Å². The Morgan fingerprint density at radius 3 is 2.76 bits per heavy atom. The summed E-state index contributed by atoms with van der Waals surface area (Å²) in [6.45, 7) is 9.08. The van der Waals surface area contributed by atoms with Crippen LogP contribution >= 0.6 is 0 Å². The molecule has 1 aliphatic rings. The fourth-order valence-corrected chi connectivity index (χ4v) is 2.46. The third-order valence-electron chi connectivity index (χ3n) is 3.73. The number of hydrogen-bond acceptors (Lipinski definition) is 2. The third kappa shape index (κ3) is 2.63. The Morgan fingerprint density at radius 2 is 2.18 bits per heavy atom. The van der Waals surface area contributed by atoms with E-state index in [0.29, 0.717) is 12.1 Å². The molecule has 1 aliphatic heterocycles. The van der Waals surface area contributed by atoms with Gasteiger partial charge in [-0.15, -0.1) is 0 Å². The molecule has 0 spiro atoms. The second-order valence-electron chi connectivity index (χ2n) is 5.07. The molecule has 17 heavy (non-hydrogen) atoms. The molecule has 0 bridgehead atoms. The summed E-state index contributed by atoms with van der Waals surface area (Å²) in [5.41, 5.74) is 2.86. The van der Waals surface area contributed by atoms with Crippen LogP contribution < -0.4 is 10.2 Å². The van der Waals surface area contributed by atoms with Crippen LogP contribution in [0.4, 0.5) is 5.69 Å². The predicted molar refractivity (Wildman–Crippen MR) is 74.6 cm³/mol. The summed E-state index contributed by atoms with van der Waals surface area (Å²) in [4.78, 5) is 2.51. The van der Waals surface area contributed by atoms with E-state index in [4.69, 9.17) is 0 Å². The summed E-state index contributed by atoms with van der Waals surface area (Å²) >= 11 is 0. The van der Waals surface area contributed by atoms with Gasteiger partial charge in [-0.25, -0.2) is 0 Å². The van der Waals surface area contributed by atoms with Crippen LogP contribution in [0.15, 0.2) is 24.3 Å². The van der Waals surface area contributed by atoms with Crippen molar-refractivity contribution in [1.29, 1.82) is 0 Å². The molecule has 2 nitrogen and oxygen atoms in total. The third-order valence-corrected chi connectivity index (χ3v) is 3.73. The fraction of sp³-hybridized carbons (Fsp3) is 0.600. The summed E-state index contributed by atoms with van der Waals surface area (Å²) in [6, 6.07) is 9.96. The van der Waals surface area contributed by atoms with Crippen LogP contribution in [0.2, 0.25) is 0 Å². The highest BCUT2D eigenvalue weighted by molar-refractivity contribution is 5.57. The highest BCUT2D eigenvalue weighted by atomic mass is 15.2. The van der Waals surface area contributed by atoms with Crippen LogP contribution in [0.5, 0.6) is 0 Å². The van der Waals surface area contributed by atoms with E-state index in [2.05, 4.69) is 55.3 Å². The monoisotopic (exact) mass is 232 g/mol. The molecule has 2 rings (SSSR count). The first-order valence-electron chi connectivity index (χ1n) is 6.83. The summed E-state index contributed by atoms with van der Waals surface area (Å²) in [5.74, 6) is 0. The molecule has 1 fully saturated rings. The van der Waals surface area contributed by atoms with Gasteiger partial charge in [0.25, 0.3) is 0 Å². The Balaban J connectivity index is 2.15. The number of para-hydroxylation sites is 1. The molecule has 1 N–H and O–H groups in total. The minimum absolute atomic E-state index is 0.443. The van der Waals surface area contributed by atoms with Crippen molar-refractivity contribution >= 4 is 5.69 Å². The number of hydrogen-bond donors (Lipinski definition) is 1. The lowest BCUT2D eigenvalue weighted by Crippen LogP contribution is -2.46. The zero-order valence-electron chi connectivity index (χ0n) is 11.2. The van der Waals surface area contributed by atoms with Gasteiger partial charge in [0, 0.05) is 24.3 Å². The van der Waals surface area contributed by atoms with Crippen LogP contribution in [0.25, 0.3) is 0 Å². The standard InChI is InChI=1S/C15H24N2/c1-4-10-16-13(3)14-7-5-6-8-15(14)17-11-9-12(17)2/h5-8,12-13,16H,4,9-11H2,1-3H3. The molecule has 2 unspecified atom stereocenters. The molecule has 0 amide bonds. The Kier molecular flexibility index (Phi) is 4.06. The highest BCUT2D eigenvalue weighted by Crippen LogP contribution is 2.32. The molecular formula is C15H24N2. The second-order valence-corrected chi connectivity index (χ2v) is 5.07. The van der Waals surface area contributed by atoms with E-state index in [-0.39, 0.29) is 0 Å². The average Bonchev–Trinajstić information content (AvgIpc) is 2.34. The molecule has 0 aliphatic carbocycles. The van der Waals surface area contributed by atoms with Gasteiger partial charge in [0.1, 0.15) is 0 Å². The molecule has 94 valence electrons. The van der Waals surface area contributed by atoms with E-state index in [9.17, 15) is 0 Å². The van der Waals surface area contributed by atoms with Gasteiger partial charge in [-0.1, -0.05) is 25.1 Å². The van der Waals surface area contributed by atoms with Crippen LogP contribution in [-0.2, 0) is 0 Å². The second kappa shape index (κ2) is 5.54. The first kappa shape index (κ1) is 12.4. The lowest BCUT2D eigenvalue weighted by molar-refractivity contribution is 0.475. The van der Waals surface area contributed by atoms with Crippen molar-refractivity contribution < 1.29 is 0 Å². The molecule has 2 atom stereocenters. The summed E-state index contributed by atoms with van der Waals surface area (Å²) < 4.78 is 0. The van der Waals surface area contributed by atoms with Gasteiger partial charge >= 0.3 is 0 Å². The quantitative estimate of drug-likeness (QED) is 0.837. The fourth-order valence-electron chi connectivity index (χ4n) is 2.46. The molecule has 0 aromatic heterocycles. The van der Waals surface area contributed by atoms with Gasteiger partial charge in [0.2, 0.25) is 0 Å². The van der Waals surface area contributed by atoms with Gasteiger partial charge < -0.3 is 10.2 Å². The van der Waals surface area contributed by atoms with Gasteiger partial charge in [-0.2, -0.15) is 0 Å². The molecule has 2 heteroatoms.